The topological polar surface area (TPSA) is 157 Å². The summed E-state index contributed by atoms with van der Waals surface area (Å²) in [4.78, 5) is 30.3. The summed E-state index contributed by atoms with van der Waals surface area (Å²) >= 11 is 0. The molecule has 1 aromatic carbocycles. The van der Waals surface area contributed by atoms with E-state index in [1.54, 1.807) is 25.6 Å². The maximum atomic E-state index is 12.2. The van der Waals surface area contributed by atoms with Crippen LogP contribution in [0.1, 0.15) is 22.9 Å². The van der Waals surface area contributed by atoms with E-state index in [4.69, 9.17) is 19.4 Å². The Bertz CT molecular complexity index is 1470. The number of amides is 1. The van der Waals surface area contributed by atoms with Gasteiger partial charge in [-0.15, -0.1) is 0 Å². The van der Waals surface area contributed by atoms with Gasteiger partial charge in [-0.2, -0.15) is 0 Å². The Morgan fingerprint density at radius 1 is 1.11 bits per heavy atom. The van der Waals surface area contributed by atoms with E-state index in [0.717, 1.165) is 16.7 Å². The molecule has 12 heteroatoms. The van der Waals surface area contributed by atoms with Gasteiger partial charge in [0.25, 0.3) is 5.91 Å². The molecular formula is C26H29N7O5. The SMILES string of the molecule is CNC(=O)[C@H]1OC(n2cnc3c(NCc4cc(C)cc(C)c4)nc(-c4cncc(OC)c4)nc32)C(O)C1O. The van der Waals surface area contributed by atoms with Crippen LogP contribution < -0.4 is 15.4 Å². The largest absolute Gasteiger partial charge is 0.495 e. The Hall–Kier alpha value is -4.13. The maximum absolute atomic E-state index is 12.2. The fourth-order valence-electron chi connectivity index (χ4n) is 4.61. The highest BCUT2D eigenvalue weighted by Gasteiger charge is 2.47. The van der Waals surface area contributed by atoms with Crippen molar-refractivity contribution < 1.29 is 24.5 Å². The molecule has 4 heterocycles. The lowest BCUT2D eigenvalue weighted by molar-refractivity contribution is -0.137. The van der Waals surface area contributed by atoms with Crippen LogP contribution in [0.15, 0.2) is 43.0 Å². The number of methoxy groups -OCH3 is 1. The number of benzene rings is 1. The molecule has 0 spiro atoms. The third-order valence-corrected chi connectivity index (χ3v) is 6.39. The number of aromatic nitrogens is 5. The van der Waals surface area contributed by atoms with Crippen molar-refractivity contribution in [3.8, 4) is 17.1 Å². The van der Waals surface area contributed by atoms with E-state index < -0.39 is 30.4 Å². The molecule has 0 saturated carbocycles. The molecule has 12 nitrogen and oxygen atoms in total. The molecule has 4 N–H and O–H groups in total. The van der Waals surface area contributed by atoms with Gasteiger partial charge in [0.15, 0.2) is 35.1 Å². The summed E-state index contributed by atoms with van der Waals surface area (Å²) in [7, 11) is 2.98. The number of anilines is 1. The second kappa shape index (κ2) is 10.3. The number of rotatable bonds is 7. The smallest absolute Gasteiger partial charge is 0.251 e. The van der Waals surface area contributed by atoms with Crippen LogP contribution in [0.5, 0.6) is 5.75 Å². The van der Waals surface area contributed by atoms with Gasteiger partial charge in [0, 0.05) is 25.4 Å². The molecular weight excluding hydrogens is 490 g/mol. The minimum absolute atomic E-state index is 0.337. The van der Waals surface area contributed by atoms with Crippen LogP contribution in [0.3, 0.4) is 0 Å². The zero-order valence-corrected chi connectivity index (χ0v) is 21.4. The molecule has 38 heavy (non-hydrogen) atoms. The lowest BCUT2D eigenvalue weighted by Gasteiger charge is -2.17. The zero-order chi connectivity index (χ0) is 27.0. The number of aliphatic hydroxyl groups is 2. The molecule has 1 aliphatic rings. The minimum Gasteiger partial charge on any atom is -0.495 e. The fourth-order valence-corrected chi connectivity index (χ4v) is 4.61. The number of aliphatic hydroxyl groups excluding tert-OH is 2. The van der Waals surface area contributed by atoms with Crippen molar-refractivity contribution in [3.63, 3.8) is 0 Å². The van der Waals surface area contributed by atoms with Crippen molar-refractivity contribution >= 4 is 22.9 Å². The zero-order valence-electron chi connectivity index (χ0n) is 21.4. The number of nitrogens with zero attached hydrogens (tertiary/aromatic N) is 5. The molecule has 3 unspecified atom stereocenters. The van der Waals surface area contributed by atoms with Crippen LogP contribution >= 0.6 is 0 Å². The Balaban J connectivity index is 1.59. The quantitative estimate of drug-likeness (QED) is 0.282. The first kappa shape index (κ1) is 25.5. The first-order valence-electron chi connectivity index (χ1n) is 12.1. The van der Waals surface area contributed by atoms with E-state index in [1.165, 1.54) is 17.9 Å². The Morgan fingerprint density at radius 3 is 2.58 bits per heavy atom. The van der Waals surface area contributed by atoms with E-state index in [0.29, 0.717) is 40.7 Å². The summed E-state index contributed by atoms with van der Waals surface area (Å²) in [6.07, 6.45) is -0.526. The molecule has 4 aromatic rings. The monoisotopic (exact) mass is 519 g/mol. The predicted octanol–water partition coefficient (Wildman–Crippen LogP) is 1.49. The van der Waals surface area contributed by atoms with Crippen LogP contribution in [0, 0.1) is 13.8 Å². The summed E-state index contributed by atoms with van der Waals surface area (Å²) in [5.41, 5.74) is 4.75. The Kier molecular flexibility index (Phi) is 6.93. The van der Waals surface area contributed by atoms with Crippen LogP contribution in [-0.4, -0.2) is 73.1 Å². The van der Waals surface area contributed by atoms with E-state index in [1.807, 2.05) is 13.8 Å². The van der Waals surface area contributed by atoms with Gasteiger partial charge in [-0.3, -0.25) is 14.3 Å². The number of carbonyl (C=O) groups is 1. The lowest BCUT2D eigenvalue weighted by Crippen LogP contribution is -2.41. The number of aryl methyl sites for hydroxylation is 2. The number of likely N-dealkylation sites (N-methyl/N-ethyl adjacent to an activating group) is 1. The third kappa shape index (κ3) is 4.76. The number of nitrogens with one attached hydrogen (secondary N) is 2. The molecule has 5 rings (SSSR count). The highest BCUT2D eigenvalue weighted by atomic mass is 16.6. The molecule has 1 aliphatic heterocycles. The second-order valence-corrected chi connectivity index (χ2v) is 9.23. The highest BCUT2D eigenvalue weighted by molar-refractivity contribution is 5.85. The molecule has 0 radical (unpaired) electrons. The molecule has 0 aliphatic carbocycles. The van der Waals surface area contributed by atoms with Crippen molar-refractivity contribution in [2.75, 3.05) is 19.5 Å². The average molecular weight is 520 g/mol. The standard InChI is InChI=1S/C26H29N7O5/c1-13-5-14(2)7-15(6-13)9-29-23-18-24(32-22(31-23)16-8-17(37-4)11-28-10-16)33(12-30-18)26-20(35)19(34)21(38-26)25(36)27-3/h5-8,10-12,19-21,26,34-35H,9H2,1-4H3,(H,27,36)(H,29,31,32)/t19?,20?,21-,26?/m0/s1. The van der Waals surface area contributed by atoms with Gasteiger partial charge in [-0.25, -0.2) is 15.0 Å². The van der Waals surface area contributed by atoms with Gasteiger partial charge >= 0.3 is 0 Å². The van der Waals surface area contributed by atoms with Gasteiger partial charge in [0.05, 0.1) is 19.6 Å². The van der Waals surface area contributed by atoms with Crippen LogP contribution in [-0.2, 0) is 16.1 Å². The minimum atomic E-state index is -1.43. The Labute approximate surface area is 218 Å². The maximum Gasteiger partial charge on any atom is 0.251 e. The number of carbonyl (C=O) groups excluding carboxylic acids is 1. The van der Waals surface area contributed by atoms with Gasteiger partial charge in [0.1, 0.15) is 18.0 Å². The summed E-state index contributed by atoms with van der Waals surface area (Å²) < 4.78 is 12.6. The third-order valence-electron chi connectivity index (χ3n) is 6.39. The summed E-state index contributed by atoms with van der Waals surface area (Å²) in [5.74, 6) is 0.790. The predicted molar refractivity (Wildman–Crippen MR) is 138 cm³/mol. The van der Waals surface area contributed by atoms with Gasteiger partial charge < -0.3 is 30.3 Å². The Morgan fingerprint density at radius 2 is 1.87 bits per heavy atom. The lowest BCUT2D eigenvalue weighted by atomic mass is 10.1. The normalized spacial score (nSPS) is 21.0. The molecule has 1 saturated heterocycles. The van der Waals surface area contributed by atoms with Gasteiger partial charge in [0.2, 0.25) is 0 Å². The van der Waals surface area contributed by atoms with Crippen molar-refractivity contribution in [1.82, 2.24) is 29.8 Å². The number of imidazole rings is 1. The number of ether oxygens (including phenoxy) is 2. The van der Waals surface area contributed by atoms with Gasteiger partial charge in [-0.05, 0) is 25.5 Å². The molecule has 1 fully saturated rings. The van der Waals surface area contributed by atoms with E-state index in [-0.39, 0.29) is 0 Å². The number of pyridine rings is 1. The van der Waals surface area contributed by atoms with E-state index >= 15 is 0 Å². The number of hydrogen-bond donors (Lipinski definition) is 4. The van der Waals surface area contributed by atoms with Crippen LogP contribution in [0.25, 0.3) is 22.6 Å². The van der Waals surface area contributed by atoms with Crippen LogP contribution in [0.4, 0.5) is 5.82 Å². The molecule has 4 atom stereocenters. The van der Waals surface area contributed by atoms with E-state index in [9.17, 15) is 15.0 Å². The number of fused-ring (bicyclic) bond motifs is 1. The van der Waals surface area contributed by atoms with E-state index in [2.05, 4.69) is 38.8 Å². The first-order valence-corrected chi connectivity index (χ1v) is 12.1. The summed E-state index contributed by atoms with van der Waals surface area (Å²) in [5, 5.41) is 27.0. The summed E-state index contributed by atoms with van der Waals surface area (Å²) in [6.45, 7) is 4.57. The van der Waals surface area contributed by atoms with Crippen LogP contribution in [0.2, 0.25) is 0 Å². The highest BCUT2D eigenvalue weighted by Crippen LogP contribution is 2.34. The average Bonchev–Trinajstić information content (AvgIpc) is 3.46. The summed E-state index contributed by atoms with van der Waals surface area (Å²) in [6, 6.07) is 8.05. The van der Waals surface area contributed by atoms with Crippen molar-refractivity contribution in [2.24, 2.45) is 0 Å². The number of hydrogen-bond acceptors (Lipinski definition) is 10. The second-order valence-electron chi connectivity index (χ2n) is 9.23. The van der Waals surface area contributed by atoms with Crippen molar-refractivity contribution in [3.05, 3.63) is 59.7 Å². The van der Waals surface area contributed by atoms with Crippen molar-refractivity contribution in [2.45, 2.75) is 44.9 Å². The molecule has 3 aromatic heterocycles. The molecule has 1 amide bonds. The fraction of sp³-hybridized carbons (Fsp3) is 0.346. The first-order chi connectivity index (χ1) is 18.3. The van der Waals surface area contributed by atoms with Gasteiger partial charge in [-0.1, -0.05) is 29.3 Å². The molecule has 0 bridgehead atoms. The molecule has 198 valence electrons. The van der Waals surface area contributed by atoms with Crippen molar-refractivity contribution in [1.29, 1.82) is 0 Å².